The Kier molecular flexibility index (Phi) is 4.32. The second-order valence-corrected chi connectivity index (χ2v) is 6.70. The first-order valence-corrected chi connectivity index (χ1v) is 7.39. The Labute approximate surface area is 132 Å². The summed E-state index contributed by atoms with van der Waals surface area (Å²) >= 11 is 3.35. The van der Waals surface area contributed by atoms with E-state index in [0.29, 0.717) is 10.2 Å². The Morgan fingerprint density at radius 3 is 2.24 bits per heavy atom. The van der Waals surface area contributed by atoms with E-state index in [-0.39, 0.29) is 11.1 Å². The zero-order valence-electron chi connectivity index (χ0n) is 12.2. The molecule has 0 saturated heterocycles. The lowest BCUT2D eigenvalue weighted by atomic mass is 9.87. The van der Waals surface area contributed by atoms with Gasteiger partial charge in [0.05, 0.1) is 4.92 Å². The number of nitrogens with zero attached hydrogens (tertiary/aromatic N) is 1. The van der Waals surface area contributed by atoms with E-state index in [0.717, 1.165) is 5.69 Å². The fourth-order valence-electron chi connectivity index (χ4n) is 1.99. The number of benzene rings is 2. The van der Waals surface area contributed by atoms with E-state index in [2.05, 4.69) is 42.0 Å². The van der Waals surface area contributed by atoms with E-state index in [1.165, 1.54) is 11.6 Å². The molecule has 0 bridgehead atoms. The van der Waals surface area contributed by atoms with Crippen LogP contribution in [0.5, 0.6) is 0 Å². The predicted octanol–water partition coefficient (Wildman–Crippen LogP) is 5.40. The van der Waals surface area contributed by atoms with Gasteiger partial charge < -0.3 is 5.32 Å². The predicted molar refractivity (Wildman–Crippen MR) is 89.2 cm³/mol. The molecule has 0 heterocycles. The zero-order chi connectivity index (χ0) is 15.6. The van der Waals surface area contributed by atoms with Crippen LogP contribution in [0.15, 0.2) is 46.9 Å². The first-order valence-electron chi connectivity index (χ1n) is 6.59. The Bertz CT molecular complexity index is 661. The zero-order valence-corrected chi connectivity index (χ0v) is 13.8. The van der Waals surface area contributed by atoms with E-state index in [1.54, 1.807) is 12.1 Å². The highest BCUT2D eigenvalue weighted by molar-refractivity contribution is 9.10. The molecular formula is C16H17BrN2O2. The first kappa shape index (κ1) is 15.5. The molecule has 110 valence electrons. The minimum absolute atomic E-state index is 0.0456. The lowest BCUT2D eigenvalue weighted by molar-refractivity contribution is -0.384. The largest absolute Gasteiger partial charge is 0.349 e. The van der Waals surface area contributed by atoms with E-state index in [1.807, 2.05) is 24.3 Å². The highest BCUT2D eigenvalue weighted by Crippen LogP contribution is 2.35. The third kappa shape index (κ3) is 3.61. The van der Waals surface area contributed by atoms with Crippen LogP contribution < -0.4 is 5.32 Å². The van der Waals surface area contributed by atoms with Gasteiger partial charge in [0, 0.05) is 16.2 Å². The Morgan fingerprint density at radius 2 is 1.71 bits per heavy atom. The van der Waals surface area contributed by atoms with Crippen LogP contribution in [0.1, 0.15) is 26.3 Å². The lowest BCUT2D eigenvalue weighted by Gasteiger charge is -2.19. The van der Waals surface area contributed by atoms with Crippen molar-refractivity contribution in [2.45, 2.75) is 26.2 Å². The van der Waals surface area contributed by atoms with Crippen LogP contribution in [-0.4, -0.2) is 4.92 Å². The number of nitrogens with one attached hydrogen (secondary N) is 1. The van der Waals surface area contributed by atoms with Gasteiger partial charge in [0.2, 0.25) is 0 Å². The van der Waals surface area contributed by atoms with Gasteiger partial charge in [-0.25, -0.2) is 0 Å². The van der Waals surface area contributed by atoms with Gasteiger partial charge in [-0.05, 0) is 45.1 Å². The van der Waals surface area contributed by atoms with Crippen molar-refractivity contribution in [1.29, 1.82) is 0 Å². The molecule has 21 heavy (non-hydrogen) atoms. The summed E-state index contributed by atoms with van der Waals surface area (Å²) in [6.07, 6.45) is 0. The first-order chi connectivity index (χ1) is 9.79. The molecule has 0 unspecified atom stereocenters. The minimum atomic E-state index is -0.392. The molecule has 0 aliphatic carbocycles. The molecule has 0 radical (unpaired) electrons. The topological polar surface area (TPSA) is 55.2 Å². The summed E-state index contributed by atoms with van der Waals surface area (Å²) in [6.45, 7) is 6.44. The number of rotatable bonds is 3. The molecule has 0 atom stereocenters. The summed E-state index contributed by atoms with van der Waals surface area (Å²) in [4.78, 5) is 10.7. The quantitative estimate of drug-likeness (QED) is 0.596. The summed E-state index contributed by atoms with van der Waals surface area (Å²) in [7, 11) is 0. The normalized spacial score (nSPS) is 11.2. The summed E-state index contributed by atoms with van der Waals surface area (Å²) in [5.41, 5.74) is 2.63. The highest BCUT2D eigenvalue weighted by Gasteiger charge is 2.17. The SMILES string of the molecule is CC(C)(C)c1ccc(Nc2c(Br)cccc2[N+](=O)[O-])cc1. The smallest absolute Gasteiger partial charge is 0.293 e. The average Bonchev–Trinajstić information content (AvgIpc) is 2.40. The third-order valence-corrected chi connectivity index (χ3v) is 3.87. The van der Waals surface area contributed by atoms with Crippen LogP contribution >= 0.6 is 15.9 Å². The van der Waals surface area contributed by atoms with E-state index in [9.17, 15) is 10.1 Å². The maximum absolute atomic E-state index is 11.1. The Morgan fingerprint density at radius 1 is 1.10 bits per heavy atom. The summed E-state index contributed by atoms with van der Waals surface area (Å²) < 4.78 is 0.664. The summed E-state index contributed by atoms with van der Waals surface area (Å²) in [6, 6.07) is 12.8. The molecule has 0 aliphatic heterocycles. The van der Waals surface area contributed by atoms with Crippen molar-refractivity contribution in [3.05, 3.63) is 62.6 Å². The standard InChI is InChI=1S/C16H17BrN2O2/c1-16(2,3)11-7-9-12(10-8-11)18-15-13(17)5-4-6-14(15)19(20)21/h4-10,18H,1-3H3. The highest BCUT2D eigenvalue weighted by atomic mass is 79.9. The van der Waals surface area contributed by atoms with Gasteiger partial charge in [0.15, 0.2) is 0 Å². The number of para-hydroxylation sites is 1. The molecule has 0 amide bonds. The van der Waals surface area contributed by atoms with Gasteiger partial charge in [0.1, 0.15) is 5.69 Å². The number of hydrogen-bond acceptors (Lipinski definition) is 3. The lowest BCUT2D eigenvalue weighted by Crippen LogP contribution is -2.10. The van der Waals surface area contributed by atoms with Crippen LogP contribution in [0.2, 0.25) is 0 Å². The number of hydrogen-bond donors (Lipinski definition) is 1. The molecule has 0 spiro atoms. The van der Waals surface area contributed by atoms with Gasteiger partial charge in [-0.15, -0.1) is 0 Å². The van der Waals surface area contributed by atoms with Crippen molar-refractivity contribution < 1.29 is 4.92 Å². The van der Waals surface area contributed by atoms with Gasteiger partial charge in [-0.2, -0.15) is 0 Å². The van der Waals surface area contributed by atoms with E-state index in [4.69, 9.17) is 0 Å². The molecule has 4 nitrogen and oxygen atoms in total. The maximum atomic E-state index is 11.1. The molecular weight excluding hydrogens is 332 g/mol. The molecule has 5 heteroatoms. The minimum Gasteiger partial charge on any atom is -0.349 e. The number of nitro groups is 1. The fraction of sp³-hybridized carbons (Fsp3) is 0.250. The van der Waals surface area contributed by atoms with Crippen LogP contribution in [0.4, 0.5) is 17.1 Å². The van der Waals surface area contributed by atoms with Crippen LogP contribution in [0.25, 0.3) is 0 Å². The van der Waals surface area contributed by atoms with Crippen molar-refractivity contribution in [1.82, 2.24) is 0 Å². The number of nitro benzene ring substituents is 1. The van der Waals surface area contributed by atoms with Crippen LogP contribution in [-0.2, 0) is 5.41 Å². The molecule has 1 N–H and O–H groups in total. The third-order valence-electron chi connectivity index (χ3n) is 3.21. The average molecular weight is 349 g/mol. The van der Waals surface area contributed by atoms with E-state index >= 15 is 0 Å². The molecule has 2 aromatic rings. The second-order valence-electron chi connectivity index (χ2n) is 5.84. The van der Waals surface area contributed by atoms with Gasteiger partial charge in [-0.3, -0.25) is 10.1 Å². The molecule has 2 aromatic carbocycles. The second kappa shape index (κ2) is 5.85. The van der Waals surface area contributed by atoms with E-state index < -0.39 is 4.92 Å². The van der Waals surface area contributed by atoms with Crippen LogP contribution in [0.3, 0.4) is 0 Å². The van der Waals surface area contributed by atoms with Gasteiger partial charge in [0.25, 0.3) is 5.69 Å². The van der Waals surface area contributed by atoms with Crippen molar-refractivity contribution in [3.8, 4) is 0 Å². The van der Waals surface area contributed by atoms with Crippen LogP contribution in [0, 0.1) is 10.1 Å². The Hall–Kier alpha value is -1.88. The van der Waals surface area contributed by atoms with Gasteiger partial charge >= 0.3 is 0 Å². The molecule has 0 saturated carbocycles. The fourth-order valence-corrected chi connectivity index (χ4v) is 2.44. The number of halogens is 1. The Balaban J connectivity index is 2.33. The van der Waals surface area contributed by atoms with Crippen molar-refractivity contribution >= 4 is 33.0 Å². The van der Waals surface area contributed by atoms with Gasteiger partial charge in [-0.1, -0.05) is 39.0 Å². The molecule has 0 aromatic heterocycles. The van der Waals surface area contributed by atoms with Crippen molar-refractivity contribution in [3.63, 3.8) is 0 Å². The molecule has 0 aliphatic rings. The maximum Gasteiger partial charge on any atom is 0.293 e. The molecule has 2 rings (SSSR count). The monoisotopic (exact) mass is 348 g/mol. The van der Waals surface area contributed by atoms with Crippen molar-refractivity contribution in [2.24, 2.45) is 0 Å². The van der Waals surface area contributed by atoms with Crippen molar-refractivity contribution in [2.75, 3.05) is 5.32 Å². The molecule has 0 fully saturated rings. The summed E-state index contributed by atoms with van der Waals surface area (Å²) in [5.74, 6) is 0. The summed E-state index contributed by atoms with van der Waals surface area (Å²) in [5, 5.41) is 14.2. The number of anilines is 2.